The molecule has 0 bridgehead atoms. The molecule has 2 aliphatic rings. The summed E-state index contributed by atoms with van der Waals surface area (Å²) in [7, 11) is 0. The van der Waals surface area contributed by atoms with Crippen molar-refractivity contribution in [2.45, 2.75) is 25.5 Å². The molecule has 2 fully saturated rings. The molecule has 2 amide bonds. The summed E-state index contributed by atoms with van der Waals surface area (Å²) in [5, 5.41) is 1.71. The van der Waals surface area contributed by atoms with Crippen LogP contribution in [-0.2, 0) is 20.8 Å². The summed E-state index contributed by atoms with van der Waals surface area (Å²) in [5.74, 6) is -1.19. The molecule has 0 spiro atoms. The Hall–Kier alpha value is -2.96. The van der Waals surface area contributed by atoms with Crippen molar-refractivity contribution in [1.29, 1.82) is 0 Å². The Labute approximate surface area is 189 Å². The molecule has 5 nitrogen and oxygen atoms in total. The van der Waals surface area contributed by atoms with Crippen LogP contribution in [0.4, 0.5) is 11.4 Å². The van der Waals surface area contributed by atoms with Crippen LogP contribution in [0.5, 0.6) is 0 Å². The Bertz CT molecular complexity index is 1130. The fraction of sp³-hybridized carbons (Fsp3) is 0.200. The number of hydrogen-bond donors (Lipinski definition) is 0. The van der Waals surface area contributed by atoms with Gasteiger partial charge >= 0.3 is 0 Å². The van der Waals surface area contributed by atoms with Crippen molar-refractivity contribution in [3.63, 3.8) is 0 Å². The number of rotatable bonds is 4. The van der Waals surface area contributed by atoms with E-state index in [2.05, 4.69) is 22.9 Å². The molecule has 3 aromatic carbocycles. The van der Waals surface area contributed by atoms with Gasteiger partial charge < -0.3 is 0 Å². The number of fused-ring (bicyclic) bond motifs is 1. The van der Waals surface area contributed by atoms with Crippen LogP contribution in [0.15, 0.2) is 83.3 Å². The second-order valence-electron chi connectivity index (χ2n) is 7.74. The molecule has 2 heterocycles. The topological polar surface area (TPSA) is 49.9 Å². The number of halogens is 1. The maximum atomic E-state index is 13.6. The number of nitrogens with zero attached hydrogens (tertiary/aromatic N) is 2. The zero-order chi connectivity index (χ0) is 21.5. The number of carbonyl (C=O) groups is 2. The number of benzene rings is 3. The molecule has 3 unspecified atom stereocenters. The number of hydrogen-bond acceptors (Lipinski definition) is 4. The number of hydroxylamine groups is 1. The molecule has 156 valence electrons. The zero-order valence-electron chi connectivity index (χ0n) is 16.9. The number of aryl methyl sites for hydroxylation is 1. The van der Waals surface area contributed by atoms with Gasteiger partial charge in [-0.15, -0.1) is 0 Å². The maximum Gasteiger partial charge on any atom is 0.266 e. The van der Waals surface area contributed by atoms with Gasteiger partial charge in [0.15, 0.2) is 6.10 Å². The van der Waals surface area contributed by atoms with Gasteiger partial charge in [-0.1, -0.05) is 65.3 Å². The molecule has 0 saturated carbocycles. The third-order valence-corrected chi connectivity index (χ3v) is 6.41. The lowest BCUT2D eigenvalue weighted by molar-refractivity contribution is -0.126. The number of amides is 2. The molecule has 5 rings (SSSR count). The first kappa shape index (κ1) is 20.0. The number of para-hydroxylation sites is 1. The summed E-state index contributed by atoms with van der Waals surface area (Å²) in [6.45, 7) is 2.07. The molecule has 6 heteroatoms. The van der Waals surface area contributed by atoms with Gasteiger partial charge in [0.05, 0.1) is 17.4 Å². The highest BCUT2D eigenvalue weighted by molar-refractivity contribution is 9.10. The first-order chi connectivity index (χ1) is 15.1. The fourth-order valence-electron chi connectivity index (χ4n) is 4.38. The van der Waals surface area contributed by atoms with Crippen molar-refractivity contribution in [1.82, 2.24) is 0 Å². The Morgan fingerprint density at radius 3 is 2.29 bits per heavy atom. The van der Waals surface area contributed by atoms with Gasteiger partial charge in [-0.2, -0.15) is 0 Å². The van der Waals surface area contributed by atoms with Gasteiger partial charge in [0, 0.05) is 4.47 Å². The molecule has 2 saturated heterocycles. The standard InChI is InChI=1S/C25H21BrN2O3/c1-2-16-11-13-19(14-12-16)27-24(29)21-22(17-7-6-8-18(26)15-17)28(31-23(21)25(27)30)20-9-4-3-5-10-20/h3-15,21-23H,2H2,1H3. The Balaban J connectivity index is 1.57. The van der Waals surface area contributed by atoms with Crippen molar-refractivity contribution < 1.29 is 14.4 Å². The van der Waals surface area contributed by atoms with E-state index in [0.717, 1.165) is 27.7 Å². The molecule has 0 N–H and O–H groups in total. The van der Waals surface area contributed by atoms with E-state index in [0.29, 0.717) is 5.69 Å². The van der Waals surface area contributed by atoms with Crippen LogP contribution in [0, 0.1) is 5.92 Å². The summed E-state index contributed by atoms with van der Waals surface area (Å²) in [5.41, 5.74) is 3.46. The summed E-state index contributed by atoms with van der Waals surface area (Å²) in [4.78, 5) is 34.3. The van der Waals surface area contributed by atoms with Gasteiger partial charge in [-0.05, 0) is 53.9 Å². The smallest absolute Gasteiger partial charge is 0.266 e. The third-order valence-electron chi connectivity index (χ3n) is 5.92. The lowest BCUT2D eigenvalue weighted by atomic mass is 9.90. The molecular weight excluding hydrogens is 456 g/mol. The quantitative estimate of drug-likeness (QED) is 0.493. The molecule has 3 aromatic rings. The van der Waals surface area contributed by atoms with Crippen LogP contribution in [-0.4, -0.2) is 17.9 Å². The van der Waals surface area contributed by atoms with Crippen LogP contribution in [0.2, 0.25) is 0 Å². The summed E-state index contributed by atoms with van der Waals surface area (Å²) in [6, 6.07) is 24.5. The van der Waals surface area contributed by atoms with E-state index < -0.39 is 18.1 Å². The average Bonchev–Trinajstić information content (AvgIpc) is 3.31. The molecule has 2 aliphatic heterocycles. The minimum atomic E-state index is -0.859. The number of imide groups is 1. The van der Waals surface area contributed by atoms with Crippen molar-refractivity contribution in [3.8, 4) is 0 Å². The Morgan fingerprint density at radius 1 is 0.871 bits per heavy atom. The minimum Gasteiger partial charge on any atom is -0.273 e. The monoisotopic (exact) mass is 476 g/mol. The average molecular weight is 477 g/mol. The largest absolute Gasteiger partial charge is 0.273 e. The molecule has 3 atom stereocenters. The highest BCUT2D eigenvalue weighted by Crippen LogP contribution is 2.47. The van der Waals surface area contributed by atoms with Gasteiger partial charge in [0.25, 0.3) is 5.91 Å². The van der Waals surface area contributed by atoms with Gasteiger partial charge in [-0.25, -0.2) is 9.96 Å². The van der Waals surface area contributed by atoms with Crippen molar-refractivity contribution in [2.24, 2.45) is 5.92 Å². The van der Waals surface area contributed by atoms with Gasteiger partial charge in [0.1, 0.15) is 5.92 Å². The molecule has 0 aliphatic carbocycles. The van der Waals surface area contributed by atoms with Gasteiger partial charge in [0.2, 0.25) is 5.91 Å². The molecule has 31 heavy (non-hydrogen) atoms. The van der Waals surface area contributed by atoms with Crippen LogP contribution in [0.25, 0.3) is 0 Å². The van der Waals surface area contributed by atoms with Crippen LogP contribution < -0.4 is 9.96 Å². The van der Waals surface area contributed by atoms with Crippen LogP contribution >= 0.6 is 15.9 Å². The maximum absolute atomic E-state index is 13.6. The number of anilines is 2. The lowest BCUT2D eigenvalue weighted by Gasteiger charge is -2.29. The molecule has 0 aromatic heterocycles. The van der Waals surface area contributed by atoms with E-state index in [4.69, 9.17) is 4.84 Å². The predicted molar refractivity (Wildman–Crippen MR) is 122 cm³/mol. The van der Waals surface area contributed by atoms with Crippen LogP contribution in [0.1, 0.15) is 24.1 Å². The van der Waals surface area contributed by atoms with E-state index in [1.165, 1.54) is 4.90 Å². The lowest BCUT2D eigenvalue weighted by Crippen LogP contribution is -2.37. The zero-order valence-corrected chi connectivity index (χ0v) is 18.5. The van der Waals surface area contributed by atoms with E-state index in [1.807, 2.05) is 78.9 Å². The second kappa shape index (κ2) is 7.94. The summed E-state index contributed by atoms with van der Waals surface area (Å²) < 4.78 is 0.908. The Kier molecular flexibility index (Phi) is 5.12. The van der Waals surface area contributed by atoms with Crippen LogP contribution in [0.3, 0.4) is 0 Å². The fourth-order valence-corrected chi connectivity index (χ4v) is 4.79. The van der Waals surface area contributed by atoms with Crippen molar-refractivity contribution >= 4 is 39.1 Å². The number of carbonyl (C=O) groups excluding carboxylic acids is 2. The minimum absolute atomic E-state index is 0.234. The predicted octanol–water partition coefficient (Wildman–Crippen LogP) is 5.06. The first-order valence-corrected chi connectivity index (χ1v) is 11.1. The molecular formula is C25H21BrN2O3. The van der Waals surface area contributed by atoms with E-state index >= 15 is 0 Å². The SMILES string of the molecule is CCc1ccc(N2C(=O)C3ON(c4ccccc4)C(c4cccc(Br)c4)C3C2=O)cc1. The summed E-state index contributed by atoms with van der Waals surface area (Å²) in [6.07, 6.45) is 0.0376. The third kappa shape index (κ3) is 3.36. The highest BCUT2D eigenvalue weighted by Gasteiger charge is 2.60. The van der Waals surface area contributed by atoms with Crippen molar-refractivity contribution in [3.05, 3.63) is 94.5 Å². The molecule has 0 radical (unpaired) electrons. The second-order valence-corrected chi connectivity index (χ2v) is 8.66. The van der Waals surface area contributed by atoms with Crippen molar-refractivity contribution in [2.75, 3.05) is 9.96 Å². The Morgan fingerprint density at radius 2 is 1.61 bits per heavy atom. The van der Waals surface area contributed by atoms with E-state index in [1.54, 1.807) is 5.06 Å². The van der Waals surface area contributed by atoms with E-state index in [9.17, 15) is 9.59 Å². The normalized spacial score (nSPS) is 22.8. The van der Waals surface area contributed by atoms with Gasteiger partial charge in [-0.3, -0.25) is 14.4 Å². The van der Waals surface area contributed by atoms with E-state index in [-0.39, 0.29) is 11.8 Å². The first-order valence-electron chi connectivity index (χ1n) is 10.3. The highest BCUT2D eigenvalue weighted by atomic mass is 79.9. The summed E-state index contributed by atoms with van der Waals surface area (Å²) >= 11 is 3.53.